The average Bonchev–Trinajstić information content (AvgIpc) is 2.41. The second-order valence-corrected chi connectivity index (χ2v) is 5.46. The van der Waals surface area contributed by atoms with Crippen LogP contribution in [-0.2, 0) is 4.79 Å². The summed E-state index contributed by atoms with van der Waals surface area (Å²) in [5, 5.41) is 1.88. The molecule has 104 valence electrons. The molecule has 0 atom stereocenters. The highest BCUT2D eigenvalue weighted by Crippen LogP contribution is 2.22. The third-order valence-electron chi connectivity index (χ3n) is 2.89. The van der Waals surface area contributed by atoms with Gasteiger partial charge >= 0.3 is 0 Å². The van der Waals surface area contributed by atoms with Gasteiger partial charge in [0.1, 0.15) is 11.6 Å². The number of hydrogen-bond donors (Lipinski definition) is 1. The van der Waals surface area contributed by atoms with Crippen LogP contribution in [0, 0.1) is 11.6 Å². The van der Waals surface area contributed by atoms with Gasteiger partial charge in [-0.3, -0.25) is 10.2 Å². The molecule has 1 aromatic rings. The average molecular weight is 286 g/mol. The molecule has 0 saturated carbocycles. The molecule has 1 fully saturated rings. The van der Waals surface area contributed by atoms with E-state index in [1.54, 1.807) is 0 Å². The Hall–Kier alpha value is -1.14. The van der Waals surface area contributed by atoms with Crippen LogP contribution in [0.5, 0.6) is 0 Å². The zero-order valence-electron chi connectivity index (χ0n) is 10.5. The minimum Gasteiger partial charge on any atom is -0.288 e. The predicted molar refractivity (Wildman–Crippen MR) is 70.6 cm³/mol. The fourth-order valence-electron chi connectivity index (χ4n) is 1.95. The molecule has 0 aromatic heterocycles. The molecule has 1 aliphatic rings. The molecule has 19 heavy (non-hydrogen) atoms. The van der Waals surface area contributed by atoms with Gasteiger partial charge in [-0.2, -0.15) is 0 Å². The maximum atomic E-state index is 13.3. The van der Waals surface area contributed by atoms with E-state index in [0.717, 1.165) is 55.9 Å². The smallest absolute Gasteiger partial charge is 0.244 e. The topological polar surface area (TPSA) is 32.3 Å². The molecule has 0 spiro atoms. The number of benzene rings is 1. The Morgan fingerprint density at radius 3 is 2.74 bits per heavy atom. The lowest BCUT2D eigenvalue weighted by atomic mass is 10.2. The van der Waals surface area contributed by atoms with E-state index in [0.29, 0.717) is 0 Å². The SMILES string of the molecule is O=C(CSc1cc(F)ccc1F)NN1CCCCC1. The number of amides is 1. The summed E-state index contributed by atoms with van der Waals surface area (Å²) in [7, 11) is 0. The van der Waals surface area contributed by atoms with E-state index in [4.69, 9.17) is 0 Å². The van der Waals surface area contributed by atoms with Gasteiger partial charge in [-0.05, 0) is 31.0 Å². The van der Waals surface area contributed by atoms with Gasteiger partial charge in [0.05, 0.1) is 5.75 Å². The summed E-state index contributed by atoms with van der Waals surface area (Å²) in [6.45, 7) is 1.70. The molecular formula is C13H16F2N2OS. The Bertz CT molecular complexity index is 450. The van der Waals surface area contributed by atoms with Crippen LogP contribution in [0.4, 0.5) is 8.78 Å². The molecule has 2 rings (SSSR count). The van der Waals surface area contributed by atoms with Crippen molar-refractivity contribution in [2.24, 2.45) is 0 Å². The van der Waals surface area contributed by atoms with E-state index in [9.17, 15) is 13.6 Å². The number of carbonyl (C=O) groups excluding carboxylic acids is 1. The minimum absolute atomic E-state index is 0.0802. The van der Waals surface area contributed by atoms with E-state index < -0.39 is 11.6 Å². The second kappa shape index (κ2) is 6.86. The van der Waals surface area contributed by atoms with Crippen LogP contribution < -0.4 is 5.43 Å². The molecule has 1 aromatic carbocycles. The van der Waals surface area contributed by atoms with Crippen LogP contribution in [0.15, 0.2) is 23.1 Å². The number of piperidine rings is 1. The summed E-state index contributed by atoms with van der Waals surface area (Å²) in [5.74, 6) is -1.11. The van der Waals surface area contributed by atoms with Crippen molar-refractivity contribution < 1.29 is 13.6 Å². The van der Waals surface area contributed by atoms with Gasteiger partial charge in [0.15, 0.2) is 0 Å². The van der Waals surface area contributed by atoms with E-state index in [-0.39, 0.29) is 16.6 Å². The summed E-state index contributed by atoms with van der Waals surface area (Å²) in [6, 6.07) is 3.24. The summed E-state index contributed by atoms with van der Waals surface area (Å²) < 4.78 is 26.3. The first-order chi connectivity index (χ1) is 9.15. The largest absolute Gasteiger partial charge is 0.288 e. The number of rotatable bonds is 4. The molecule has 0 bridgehead atoms. The molecule has 6 heteroatoms. The molecule has 3 nitrogen and oxygen atoms in total. The zero-order valence-corrected chi connectivity index (χ0v) is 11.3. The first kappa shape index (κ1) is 14.3. The van der Waals surface area contributed by atoms with E-state index >= 15 is 0 Å². The Labute approximate surface area is 115 Å². The lowest BCUT2D eigenvalue weighted by molar-refractivity contribution is -0.123. The number of hydrogen-bond acceptors (Lipinski definition) is 3. The Kier molecular flexibility index (Phi) is 5.15. The van der Waals surface area contributed by atoms with Crippen LogP contribution in [0.3, 0.4) is 0 Å². The van der Waals surface area contributed by atoms with Crippen molar-refractivity contribution in [1.29, 1.82) is 0 Å². The molecular weight excluding hydrogens is 270 g/mol. The van der Waals surface area contributed by atoms with Crippen molar-refractivity contribution in [3.05, 3.63) is 29.8 Å². The molecule has 0 radical (unpaired) electrons. The quantitative estimate of drug-likeness (QED) is 0.863. The third kappa shape index (κ3) is 4.47. The van der Waals surface area contributed by atoms with Crippen LogP contribution in [0.25, 0.3) is 0 Å². The van der Waals surface area contributed by atoms with Crippen molar-refractivity contribution in [2.45, 2.75) is 24.2 Å². The first-order valence-corrected chi connectivity index (χ1v) is 7.26. The Morgan fingerprint density at radius 1 is 1.26 bits per heavy atom. The van der Waals surface area contributed by atoms with Crippen molar-refractivity contribution in [2.75, 3.05) is 18.8 Å². The van der Waals surface area contributed by atoms with Crippen molar-refractivity contribution >= 4 is 17.7 Å². The summed E-state index contributed by atoms with van der Waals surface area (Å²) in [6.07, 6.45) is 3.34. The summed E-state index contributed by atoms with van der Waals surface area (Å²) in [4.78, 5) is 11.9. The summed E-state index contributed by atoms with van der Waals surface area (Å²) >= 11 is 1.00. The Balaban J connectivity index is 1.81. The standard InChI is InChI=1S/C13H16F2N2OS/c14-10-4-5-11(15)12(8-10)19-9-13(18)16-17-6-2-1-3-7-17/h4-5,8H,1-3,6-7,9H2,(H,16,18). The van der Waals surface area contributed by atoms with Gasteiger partial charge < -0.3 is 0 Å². The van der Waals surface area contributed by atoms with Gasteiger partial charge in [0.2, 0.25) is 5.91 Å². The van der Waals surface area contributed by atoms with Crippen molar-refractivity contribution in [1.82, 2.24) is 10.4 Å². The first-order valence-electron chi connectivity index (χ1n) is 6.27. The van der Waals surface area contributed by atoms with Gasteiger partial charge in [0.25, 0.3) is 0 Å². The monoisotopic (exact) mass is 286 g/mol. The lowest BCUT2D eigenvalue weighted by Gasteiger charge is -2.26. The van der Waals surface area contributed by atoms with Crippen molar-refractivity contribution in [3.63, 3.8) is 0 Å². The van der Waals surface area contributed by atoms with E-state index in [1.807, 2.05) is 5.01 Å². The fourth-order valence-corrected chi connectivity index (χ4v) is 2.70. The fraction of sp³-hybridized carbons (Fsp3) is 0.462. The van der Waals surface area contributed by atoms with E-state index in [2.05, 4.69) is 5.43 Å². The van der Waals surface area contributed by atoms with Crippen LogP contribution in [-0.4, -0.2) is 29.8 Å². The summed E-state index contributed by atoms with van der Waals surface area (Å²) in [5.41, 5.74) is 2.78. The molecule has 1 saturated heterocycles. The molecule has 0 aliphatic carbocycles. The molecule has 1 aliphatic heterocycles. The maximum Gasteiger partial charge on any atom is 0.244 e. The molecule has 1 heterocycles. The van der Waals surface area contributed by atoms with Crippen LogP contribution in [0.2, 0.25) is 0 Å². The normalized spacial score (nSPS) is 16.3. The minimum atomic E-state index is -0.503. The van der Waals surface area contributed by atoms with Crippen LogP contribution >= 0.6 is 11.8 Å². The number of hydrazine groups is 1. The molecule has 0 unspecified atom stereocenters. The second-order valence-electron chi connectivity index (χ2n) is 4.45. The third-order valence-corrected chi connectivity index (χ3v) is 3.92. The number of thioether (sulfide) groups is 1. The van der Waals surface area contributed by atoms with Gasteiger partial charge in [-0.25, -0.2) is 13.8 Å². The van der Waals surface area contributed by atoms with Crippen LogP contribution in [0.1, 0.15) is 19.3 Å². The predicted octanol–water partition coefficient (Wildman–Crippen LogP) is 2.57. The highest BCUT2D eigenvalue weighted by molar-refractivity contribution is 8.00. The van der Waals surface area contributed by atoms with Gasteiger partial charge in [-0.15, -0.1) is 11.8 Å². The highest BCUT2D eigenvalue weighted by Gasteiger charge is 2.13. The highest BCUT2D eigenvalue weighted by atomic mass is 32.2. The van der Waals surface area contributed by atoms with Gasteiger partial charge in [0, 0.05) is 18.0 Å². The molecule has 1 N–H and O–H groups in total. The number of carbonyl (C=O) groups is 1. The maximum absolute atomic E-state index is 13.3. The zero-order chi connectivity index (χ0) is 13.7. The lowest BCUT2D eigenvalue weighted by Crippen LogP contribution is -2.45. The number of halogens is 2. The number of nitrogens with one attached hydrogen (secondary N) is 1. The Morgan fingerprint density at radius 2 is 2.00 bits per heavy atom. The molecule has 1 amide bonds. The van der Waals surface area contributed by atoms with Gasteiger partial charge in [-0.1, -0.05) is 6.42 Å². The van der Waals surface area contributed by atoms with Crippen molar-refractivity contribution in [3.8, 4) is 0 Å². The van der Waals surface area contributed by atoms with E-state index in [1.165, 1.54) is 6.42 Å². The number of nitrogens with zero attached hydrogens (tertiary/aromatic N) is 1.